The van der Waals surface area contributed by atoms with Crippen LogP contribution in [0.2, 0.25) is 0 Å². The van der Waals surface area contributed by atoms with Crippen LogP contribution < -0.4 is 0 Å². The van der Waals surface area contributed by atoms with Gasteiger partial charge in [-0.25, -0.2) is 0 Å². The van der Waals surface area contributed by atoms with Gasteiger partial charge in [0.2, 0.25) is 0 Å². The topological polar surface area (TPSA) is 26.7 Å². The second kappa shape index (κ2) is 5.58. The summed E-state index contributed by atoms with van der Waals surface area (Å²) in [6, 6.07) is 0.699. The van der Waals surface area contributed by atoms with Crippen LogP contribution in [-0.2, 0) is 0 Å². The van der Waals surface area contributed by atoms with Crippen molar-refractivity contribution >= 4 is 0 Å². The summed E-state index contributed by atoms with van der Waals surface area (Å²) >= 11 is 0. The lowest BCUT2D eigenvalue weighted by molar-refractivity contribution is 0.127. The van der Waals surface area contributed by atoms with Crippen molar-refractivity contribution in [2.24, 2.45) is 0 Å². The predicted octanol–water partition coefficient (Wildman–Crippen LogP) is 0.395. The van der Waals surface area contributed by atoms with Gasteiger partial charge in [-0.05, 0) is 39.9 Å². The number of aliphatic hydroxyl groups is 1. The minimum Gasteiger partial charge on any atom is -0.396 e. The highest BCUT2D eigenvalue weighted by atomic mass is 16.3. The van der Waals surface area contributed by atoms with E-state index in [0.29, 0.717) is 12.6 Å². The van der Waals surface area contributed by atoms with Crippen LogP contribution in [0.15, 0.2) is 0 Å². The summed E-state index contributed by atoms with van der Waals surface area (Å²) in [5.41, 5.74) is 0. The van der Waals surface area contributed by atoms with Gasteiger partial charge in [0.05, 0.1) is 0 Å². The molecular formula is C10H22N2O. The van der Waals surface area contributed by atoms with Crippen LogP contribution in [0, 0.1) is 0 Å². The van der Waals surface area contributed by atoms with Crippen molar-refractivity contribution < 1.29 is 5.11 Å². The second-order valence-corrected chi connectivity index (χ2v) is 4.12. The van der Waals surface area contributed by atoms with E-state index in [-0.39, 0.29) is 0 Å². The van der Waals surface area contributed by atoms with Crippen molar-refractivity contribution in [2.75, 3.05) is 40.3 Å². The van der Waals surface area contributed by atoms with Crippen LogP contribution >= 0.6 is 0 Å². The van der Waals surface area contributed by atoms with Crippen molar-refractivity contribution in [1.82, 2.24) is 9.80 Å². The fourth-order valence-electron chi connectivity index (χ4n) is 2.00. The molecule has 0 radical (unpaired) electrons. The van der Waals surface area contributed by atoms with E-state index in [9.17, 15) is 0 Å². The molecule has 0 saturated carbocycles. The number of rotatable bonds is 4. The van der Waals surface area contributed by atoms with Crippen LogP contribution in [0.1, 0.15) is 19.3 Å². The van der Waals surface area contributed by atoms with E-state index in [0.717, 1.165) is 13.0 Å². The van der Waals surface area contributed by atoms with E-state index in [4.69, 9.17) is 5.11 Å². The van der Waals surface area contributed by atoms with Crippen molar-refractivity contribution in [1.29, 1.82) is 0 Å². The van der Waals surface area contributed by atoms with E-state index in [1.54, 1.807) is 0 Å². The smallest absolute Gasteiger partial charge is 0.0443 e. The quantitative estimate of drug-likeness (QED) is 0.688. The van der Waals surface area contributed by atoms with Gasteiger partial charge >= 0.3 is 0 Å². The van der Waals surface area contributed by atoms with E-state index in [1.807, 2.05) is 0 Å². The third kappa shape index (κ3) is 3.63. The van der Waals surface area contributed by atoms with E-state index < -0.39 is 0 Å². The monoisotopic (exact) mass is 186 g/mol. The second-order valence-electron chi connectivity index (χ2n) is 4.12. The number of piperidine rings is 1. The van der Waals surface area contributed by atoms with Crippen LogP contribution in [-0.4, -0.2) is 61.3 Å². The van der Waals surface area contributed by atoms with Gasteiger partial charge < -0.3 is 14.9 Å². The molecule has 0 spiro atoms. The maximum atomic E-state index is 8.73. The molecule has 1 unspecified atom stereocenters. The minimum absolute atomic E-state index is 0.312. The lowest BCUT2D eigenvalue weighted by Crippen LogP contribution is -2.45. The molecule has 1 fully saturated rings. The van der Waals surface area contributed by atoms with Crippen molar-refractivity contribution in [2.45, 2.75) is 25.3 Å². The fourth-order valence-corrected chi connectivity index (χ4v) is 2.00. The number of hydrogen-bond donors (Lipinski definition) is 1. The van der Waals surface area contributed by atoms with Gasteiger partial charge in [-0.15, -0.1) is 0 Å². The zero-order chi connectivity index (χ0) is 9.68. The Morgan fingerprint density at radius 3 is 2.92 bits per heavy atom. The summed E-state index contributed by atoms with van der Waals surface area (Å²) < 4.78 is 0. The Balaban J connectivity index is 2.24. The van der Waals surface area contributed by atoms with Gasteiger partial charge in [-0.2, -0.15) is 0 Å². The van der Waals surface area contributed by atoms with Gasteiger partial charge in [0.1, 0.15) is 0 Å². The van der Waals surface area contributed by atoms with Crippen LogP contribution in [0.25, 0.3) is 0 Å². The van der Waals surface area contributed by atoms with Gasteiger partial charge in [-0.3, -0.25) is 0 Å². The molecule has 13 heavy (non-hydrogen) atoms. The number of aliphatic hydroxyl groups excluding tert-OH is 1. The standard InChI is InChI=1S/C10H22N2O/c1-11-6-3-5-10(9-11)12(2)7-4-8-13/h10,13H,3-9H2,1-2H3. The number of likely N-dealkylation sites (N-methyl/N-ethyl adjacent to an activating group) is 2. The van der Waals surface area contributed by atoms with Crippen LogP contribution in [0.5, 0.6) is 0 Å². The van der Waals surface area contributed by atoms with Crippen molar-refractivity contribution in [3.05, 3.63) is 0 Å². The Labute approximate surface area is 81.3 Å². The third-order valence-corrected chi connectivity index (χ3v) is 2.89. The first-order chi connectivity index (χ1) is 6.24. The zero-order valence-corrected chi connectivity index (χ0v) is 8.87. The highest BCUT2D eigenvalue weighted by Crippen LogP contribution is 2.13. The number of likely N-dealkylation sites (tertiary alicyclic amines) is 1. The molecule has 1 atom stereocenters. The molecule has 0 aliphatic carbocycles. The van der Waals surface area contributed by atoms with Gasteiger partial charge in [-0.1, -0.05) is 0 Å². The third-order valence-electron chi connectivity index (χ3n) is 2.89. The molecule has 0 bridgehead atoms. The molecule has 1 aliphatic heterocycles. The largest absolute Gasteiger partial charge is 0.396 e. The molecule has 0 aromatic rings. The summed E-state index contributed by atoms with van der Waals surface area (Å²) in [5.74, 6) is 0. The number of nitrogens with zero attached hydrogens (tertiary/aromatic N) is 2. The molecular weight excluding hydrogens is 164 g/mol. The minimum atomic E-state index is 0.312. The Kier molecular flexibility index (Phi) is 4.70. The van der Waals surface area contributed by atoms with Crippen LogP contribution in [0.3, 0.4) is 0 Å². The molecule has 1 N–H and O–H groups in total. The Morgan fingerprint density at radius 2 is 2.31 bits per heavy atom. The van der Waals surface area contributed by atoms with Crippen molar-refractivity contribution in [3.8, 4) is 0 Å². The molecule has 0 aromatic heterocycles. The van der Waals surface area contributed by atoms with Crippen LogP contribution in [0.4, 0.5) is 0 Å². The first-order valence-electron chi connectivity index (χ1n) is 5.23. The van der Waals surface area contributed by atoms with Gasteiger partial charge in [0.15, 0.2) is 0 Å². The van der Waals surface area contributed by atoms with E-state index in [2.05, 4.69) is 23.9 Å². The first-order valence-corrected chi connectivity index (χ1v) is 5.23. The molecule has 0 aromatic carbocycles. The van der Waals surface area contributed by atoms with E-state index >= 15 is 0 Å². The molecule has 3 heteroatoms. The first kappa shape index (κ1) is 11.0. The summed E-state index contributed by atoms with van der Waals surface area (Å²) in [4.78, 5) is 4.77. The molecule has 78 valence electrons. The number of hydrogen-bond acceptors (Lipinski definition) is 3. The lowest BCUT2D eigenvalue weighted by atomic mass is 10.1. The predicted molar refractivity (Wildman–Crippen MR) is 54.9 cm³/mol. The maximum Gasteiger partial charge on any atom is 0.0443 e. The van der Waals surface area contributed by atoms with E-state index in [1.165, 1.54) is 25.9 Å². The lowest BCUT2D eigenvalue weighted by Gasteiger charge is -2.35. The molecule has 1 saturated heterocycles. The van der Waals surface area contributed by atoms with Gasteiger partial charge in [0, 0.05) is 25.7 Å². The normalized spacial score (nSPS) is 25.4. The summed E-state index contributed by atoms with van der Waals surface area (Å²) in [7, 11) is 4.35. The summed E-state index contributed by atoms with van der Waals surface area (Å²) in [6.45, 7) is 3.76. The summed E-state index contributed by atoms with van der Waals surface area (Å²) in [6.07, 6.45) is 3.52. The fraction of sp³-hybridized carbons (Fsp3) is 1.00. The van der Waals surface area contributed by atoms with Gasteiger partial charge in [0.25, 0.3) is 0 Å². The molecule has 1 aliphatic rings. The van der Waals surface area contributed by atoms with Crippen molar-refractivity contribution in [3.63, 3.8) is 0 Å². The molecule has 1 heterocycles. The average molecular weight is 186 g/mol. The average Bonchev–Trinajstić information content (AvgIpc) is 2.14. The SMILES string of the molecule is CN1CCCC(N(C)CCCO)C1. The molecule has 0 amide bonds. The highest BCUT2D eigenvalue weighted by Gasteiger charge is 2.20. The zero-order valence-electron chi connectivity index (χ0n) is 8.87. The Bertz CT molecular complexity index is 141. The highest BCUT2D eigenvalue weighted by molar-refractivity contribution is 4.77. The Morgan fingerprint density at radius 1 is 1.54 bits per heavy atom. The summed E-state index contributed by atoms with van der Waals surface area (Å²) in [5, 5.41) is 8.73. The Hall–Kier alpha value is -0.120. The molecule has 3 nitrogen and oxygen atoms in total. The molecule has 1 rings (SSSR count). The maximum absolute atomic E-state index is 8.73.